The van der Waals surface area contributed by atoms with Gasteiger partial charge in [0.05, 0.1) is 17.8 Å². The molecule has 1 aromatic carbocycles. The van der Waals surface area contributed by atoms with E-state index in [-0.39, 0.29) is 18.9 Å². The van der Waals surface area contributed by atoms with Crippen molar-refractivity contribution in [2.24, 2.45) is 0 Å². The summed E-state index contributed by atoms with van der Waals surface area (Å²) in [5.41, 5.74) is 2.29. The molecule has 0 saturated heterocycles. The third-order valence-electron chi connectivity index (χ3n) is 4.08. The zero-order chi connectivity index (χ0) is 18.7. The first-order valence-corrected chi connectivity index (χ1v) is 9.74. The Hall–Kier alpha value is -2.42. The van der Waals surface area contributed by atoms with E-state index in [1.165, 1.54) is 18.4 Å². The molecule has 2 aromatic heterocycles. The van der Waals surface area contributed by atoms with E-state index in [1.807, 2.05) is 30.3 Å². The van der Waals surface area contributed by atoms with Crippen LogP contribution in [0.2, 0.25) is 0 Å². The number of hydrogen-bond donors (Lipinski definition) is 1. The van der Waals surface area contributed by atoms with Crippen molar-refractivity contribution in [3.05, 3.63) is 54.6 Å². The van der Waals surface area contributed by atoms with Gasteiger partial charge in [-0.15, -0.1) is 0 Å². The molecular weight excluding hydrogens is 354 g/mol. The molecule has 0 fully saturated rings. The molecule has 1 N–H and O–H groups in total. The molecule has 0 aliphatic carbocycles. The van der Waals surface area contributed by atoms with Crippen LogP contribution in [0.3, 0.4) is 0 Å². The fourth-order valence-corrected chi connectivity index (χ4v) is 3.40. The molecule has 0 atom stereocenters. The molecule has 138 valence electrons. The van der Waals surface area contributed by atoms with E-state index in [0.29, 0.717) is 22.9 Å². The van der Waals surface area contributed by atoms with Crippen LogP contribution in [0.1, 0.15) is 5.76 Å². The number of benzene rings is 1. The highest BCUT2D eigenvalue weighted by Crippen LogP contribution is 2.32. The van der Waals surface area contributed by atoms with Crippen molar-refractivity contribution in [3.63, 3.8) is 0 Å². The molecule has 2 heterocycles. The monoisotopic (exact) mass is 375 g/mol. The van der Waals surface area contributed by atoms with Crippen LogP contribution in [0, 0.1) is 0 Å². The second-order valence-electron chi connectivity index (χ2n) is 6.02. The highest BCUT2D eigenvalue weighted by atomic mass is 32.2. The maximum atomic E-state index is 12.1. The molecule has 0 amide bonds. The SMILES string of the molecule is CN(C)S(=O)(=O)CCn1cnc(-c2ccccc2)c1-c1ccc(CO)o1. The lowest BCUT2D eigenvalue weighted by atomic mass is 10.1. The number of rotatable bonds is 7. The van der Waals surface area contributed by atoms with Gasteiger partial charge in [-0.25, -0.2) is 17.7 Å². The Morgan fingerprint density at radius 3 is 2.50 bits per heavy atom. The van der Waals surface area contributed by atoms with Gasteiger partial charge >= 0.3 is 0 Å². The molecule has 8 heteroatoms. The lowest BCUT2D eigenvalue weighted by Crippen LogP contribution is -2.27. The predicted molar refractivity (Wildman–Crippen MR) is 98.8 cm³/mol. The minimum Gasteiger partial charge on any atom is -0.457 e. The van der Waals surface area contributed by atoms with Crippen LogP contribution in [0.4, 0.5) is 0 Å². The normalized spacial score (nSPS) is 12.0. The molecular formula is C18H21N3O4S. The fraction of sp³-hybridized carbons (Fsp3) is 0.278. The molecule has 0 saturated carbocycles. The maximum Gasteiger partial charge on any atom is 0.215 e. The van der Waals surface area contributed by atoms with Crippen molar-refractivity contribution in [2.45, 2.75) is 13.2 Å². The van der Waals surface area contributed by atoms with Crippen molar-refractivity contribution in [2.75, 3.05) is 19.8 Å². The highest BCUT2D eigenvalue weighted by molar-refractivity contribution is 7.89. The predicted octanol–water partition coefficient (Wildman–Crippen LogP) is 2.19. The smallest absolute Gasteiger partial charge is 0.215 e. The quantitative estimate of drug-likeness (QED) is 0.684. The minimum atomic E-state index is -3.34. The number of aryl methyl sites for hydroxylation is 1. The number of sulfonamides is 1. The summed E-state index contributed by atoms with van der Waals surface area (Å²) in [4.78, 5) is 4.48. The summed E-state index contributed by atoms with van der Waals surface area (Å²) >= 11 is 0. The summed E-state index contributed by atoms with van der Waals surface area (Å²) in [6.07, 6.45) is 1.62. The molecule has 0 bridgehead atoms. The van der Waals surface area contributed by atoms with E-state index in [0.717, 1.165) is 5.56 Å². The number of imidazole rings is 1. The lowest BCUT2D eigenvalue weighted by Gasteiger charge is -2.13. The maximum absolute atomic E-state index is 12.1. The van der Waals surface area contributed by atoms with E-state index < -0.39 is 10.0 Å². The molecule has 0 radical (unpaired) electrons. The van der Waals surface area contributed by atoms with E-state index in [4.69, 9.17) is 4.42 Å². The van der Waals surface area contributed by atoms with Gasteiger partial charge in [-0.3, -0.25) is 0 Å². The molecule has 7 nitrogen and oxygen atoms in total. The first kappa shape index (κ1) is 18.4. The van der Waals surface area contributed by atoms with Gasteiger partial charge in [-0.2, -0.15) is 0 Å². The summed E-state index contributed by atoms with van der Waals surface area (Å²) in [6, 6.07) is 13.1. The van der Waals surface area contributed by atoms with Gasteiger partial charge in [0.25, 0.3) is 0 Å². The van der Waals surface area contributed by atoms with Crippen LogP contribution in [0.25, 0.3) is 22.7 Å². The van der Waals surface area contributed by atoms with Crippen molar-refractivity contribution in [3.8, 4) is 22.7 Å². The van der Waals surface area contributed by atoms with Gasteiger partial charge in [-0.05, 0) is 12.1 Å². The second-order valence-corrected chi connectivity index (χ2v) is 8.33. The van der Waals surface area contributed by atoms with Gasteiger partial charge in [0.2, 0.25) is 10.0 Å². The minimum absolute atomic E-state index is 0.0504. The topological polar surface area (TPSA) is 88.6 Å². The Kier molecular flexibility index (Phi) is 5.26. The molecule has 3 aromatic rings. The fourth-order valence-electron chi connectivity index (χ4n) is 2.60. The van der Waals surface area contributed by atoms with Gasteiger partial charge in [0.1, 0.15) is 18.1 Å². The number of aliphatic hydroxyl groups is 1. The Bertz CT molecular complexity index is 975. The number of hydrogen-bond acceptors (Lipinski definition) is 5. The number of furan rings is 1. The standard InChI is InChI=1S/C18H21N3O4S/c1-20(2)26(23,24)11-10-21-13-19-17(14-6-4-3-5-7-14)18(21)16-9-8-15(12-22)25-16/h3-9,13,22H,10-12H2,1-2H3. The molecule has 0 aliphatic rings. The zero-order valence-electron chi connectivity index (χ0n) is 14.7. The third kappa shape index (κ3) is 3.72. The van der Waals surface area contributed by atoms with E-state index in [1.54, 1.807) is 23.0 Å². The van der Waals surface area contributed by atoms with E-state index in [9.17, 15) is 13.5 Å². The highest BCUT2D eigenvalue weighted by Gasteiger charge is 2.20. The Balaban J connectivity index is 2.03. The van der Waals surface area contributed by atoms with Crippen molar-refractivity contribution < 1.29 is 17.9 Å². The van der Waals surface area contributed by atoms with Gasteiger partial charge < -0.3 is 14.1 Å². The van der Waals surface area contributed by atoms with Crippen molar-refractivity contribution in [1.29, 1.82) is 0 Å². The summed E-state index contributed by atoms with van der Waals surface area (Å²) < 4.78 is 32.9. The second kappa shape index (κ2) is 7.45. The van der Waals surface area contributed by atoms with Crippen LogP contribution in [-0.2, 0) is 23.2 Å². The van der Waals surface area contributed by atoms with Gasteiger partial charge in [-0.1, -0.05) is 30.3 Å². The molecule has 0 spiro atoms. The number of nitrogens with zero attached hydrogens (tertiary/aromatic N) is 3. The van der Waals surface area contributed by atoms with Gasteiger partial charge in [0, 0.05) is 26.2 Å². The Labute approximate surface area is 152 Å². The van der Waals surface area contributed by atoms with Crippen molar-refractivity contribution >= 4 is 10.0 Å². The van der Waals surface area contributed by atoms with E-state index in [2.05, 4.69) is 4.98 Å². The average molecular weight is 375 g/mol. The summed E-state index contributed by atoms with van der Waals surface area (Å²) in [6.45, 7) is 0.0364. The average Bonchev–Trinajstić information content (AvgIpc) is 3.27. The van der Waals surface area contributed by atoms with E-state index >= 15 is 0 Å². The van der Waals surface area contributed by atoms with Crippen LogP contribution in [0.15, 0.2) is 53.2 Å². The summed E-state index contributed by atoms with van der Waals surface area (Å²) in [5.74, 6) is 0.922. The zero-order valence-corrected chi connectivity index (χ0v) is 15.5. The lowest BCUT2D eigenvalue weighted by molar-refractivity contribution is 0.248. The van der Waals surface area contributed by atoms with Crippen LogP contribution in [0.5, 0.6) is 0 Å². The number of aliphatic hydroxyl groups excluding tert-OH is 1. The van der Waals surface area contributed by atoms with Gasteiger partial charge in [0.15, 0.2) is 5.76 Å². The van der Waals surface area contributed by atoms with Crippen LogP contribution in [-0.4, -0.2) is 47.2 Å². The summed E-state index contributed by atoms with van der Waals surface area (Å²) in [7, 11) is -0.309. The first-order chi connectivity index (χ1) is 12.4. The molecule has 0 aliphatic heterocycles. The third-order valence-corrected chi connectivity index (χ3v) is 5.89. The Morgan fingerprint density at radius 1 is 1.15 bits per heavy atom. The van der Waals surface area contributed by atoms with Crippen LogP contribution >= 0.6 is 0 Å². The molecule has 3 rings (SSSR count). The summed E-state index contributed by atoms with van der Waals surface area (Å²) in [5, 5.41) is 9.27. The van der Waals surface area contributed by atoms with Crippen LogP contribution < -0.4 is 0 Å². The number of aromatic nitrogens is 2. The molecule has 0 unspecified atom stereocenters. The van der Waals surface area contributed by atoms with Crippen molar-refractivity contribution in [1.82, 2.24) is 13.9 Å². The molecule has 26 heavy (non-hydrogen) atoms. The first-order valence-electron chi connectivity index (χ1n) is 8.13. The Morgan fingerprint density at radius 2 is 1.88 bits per heavy atom. The largest absolute Gasteiger partial charge is 0.457 e.